The van der Waals surface area contributed by atoms with Gasteiger partial charge in [-0.1, -0.05) is 0 Å². The van der Waals surface area contributed by atoms with Crippen molar-refractivity contribution in [2.75, 3.05) is 34.0 Å². The summed E-state index contributed by atoms with van der Waals surface area (Å²) >= 11 is 0. The molecule has 0 saturated carbocycles. The fraction of sp³-hybridized carbons (Fsp3) is 1.00. The Morgan fingerprint density at radius 3 is 2.14 bits per heavy atom. The molecule has 0 radical (unpaired) electrons. The van der Waals surface area contributed by atoms with Gasteiger partial charge in [0.05, 0.1) is 0 Å². The Bertz CT molecular complexity index is 129. The van der Waals surface area contributed by atoms with Crippen molar-refractivity contribution in [1.82, 2.24) is 0 Å². The zero-order chi connectivity index (χ0) is 10.9. The third-order valence-corrected chi connectivity index (χ3v) is 3.85. The molecule has 0 aliphatic heterocycles. The molecule has 0 saturated heterocycles. The van der Waals surface area contributed by atoms with E-state index in [0.29, 0.717) is 19.6 Å². The summed E-state index contributed by atoms with van der Waals surface area (Å²) in [6.45, 7) is 3.01. The molecule has 0 unspecified atom stereocenters. The van der Waals surface area contributed by atoms with Gasteiger partial charge in [0.15, 0.2) is 0 Å². The van der Waals surface area contributed by atoms with Crippen LogP contribution in [0, 0.1) is 0 Å². The Balaban J connectivity index is 3.82. The number of rotatable bonds is 9. The SMILES string of the molecule is CCO[Si](OC)(OC)OCCCCO. The molecule has 0 aliphatic rings. The van der Waals surface area contributed by atoms with Gasteiger partial charge in [0.1, 0.15) is 0 Å². The number of aliphatic hydroxyl groups is 1. The lowest BCUT2D eigenvalue weighted by Crippen LogP contribution is -2.47. The minimum Gasteiger partial charge on any atom is -0.396 e. The van der Waals surface area contributed by atoms with Crippen LogP contribution in [0.4, 0.5) is 0 Å². The van der Waals surface area contributed by atoms with Crippen LogP contribution in [0.25, 0.3) is 0 Å². The van der Waals surface area contributed by atoms with Crippen molar-refractivity contribution < 1.29 is 22.8 Å². The number of unbranched alkanes of at least 4 members (excludes halogenated alkanes) is 1. The summed E-state index contributed by atoms with van der Waals surface area (Å²) in [7, 11) is 0.148. The largest absolute Gasteiger partial charge is 0.679 e. The first-order valence-corrected chi connectivity index (χ1v) is 6.37. The van der Waals surface area contributed by atoms with Crippen LogP contribution >= 0.6 is 0 Å². The number of hydrogen-bond acceptors (Lipinski definition) is 5. The average Bonchev–Trinajstić information content (AvgIpc) is 2.23. The van der Waals surface area contributed by atoms with E-state index in [0.717, 1.165) is 6.42 Å². The Hall–Kier alpha value is 0.0169. The second kappa shape index (κ2) is 8.34. The van der Waals surface area contributed by atoms with E-state index < -0.39 is 9.05 Å². The quantitative estimate of drug-likeness (QED) is 0.457. The Morgan fingerprint density at radius 2 is 1.71 bits per heavy atom. The average molecular weight is 224 g/mol. The Morgan fingerprint density at radius 1 is 1.07 bits per heavy atom. The lowest BCUT2D eigenvalue weighted by atomic mass is 10.3. The molecule has 0 amide bonds. The maximum Gasteiger partial charge on any atom is 0.679 e. The third-order valence-electron chi connectivity index (χ3n) is 1.65. The van der Waals surface area contributed by atoms with Gasteiger partial charge in [0, 0.05) is 34.0 Å². The van der Waals surface area contributed by atoms with Gasteiger partial charge >= 0.3 is 9.05 Å². The summed E-state index contributed by atoms with van der Waals surface area (Å²) in [5.41, 5.74) is 0. The molecule has 0 bridgehead atoms. The lowest BCUT2D eigenvalue weighted by molar-refractivity contribution is -0.00717. The van der Waals surface area contributed by atoms with E-state index in [4.69, 9.17) is 22.8 Å². The second-order valence-corrected chi connectivity index (χ2v) is 5.01. The molecular weight excluding hydrogens is 204 g/mol. The fourth-order valence-corrected chi connectivity index (χ4v) is 2.42. The van der Waals surface area contributed by atoms with E-state index in [9.17, 15) is 0 Å². The Kier molecular flexibility index (Phi) is 8.35. The highest BCUT2D eigenvalue weighted by atomic mass is 28.4. The first-order valence-electron chi connectivity index (χ1n) is 4.73. The monoisotopic (exact) mass is 224 g/mol. The molecule has 14 heavy (non-hydrogen) atoms. The molecule has 0 spiro atoms. The minimum atomic E-state index is -2.88. The molecule has 6 heteroatoms. The number of hydrogen-bond donors (Lipinski definition) is 1. The first kappa shape index (κ1) is 14.0. The second-order valence-electron chi connectivity index (χ2n) is 2.62. The van der Waals surface area contributed by atoms with E-state index >= 15 is 0 Å². The van der Waals surface area contributed by atoms with E-state index in [1.54, 1.807) is 0 Å². The minimum absolute atomic E-state index is 0.173. The van der Waals surface area contributed by atoms with Crippen molar-refractivity contribution in [2.24, 2.45) is 0 Å². The van der Waals surface area contributed by atoms with Crippen molar-refractivity contribution in [3.63, 3.8) is 0 Å². The first-order chi connectivity index (χ1) is 6.74. The predicted molar refractivity (Wildman–Crippen MR) is 53.7 cm³/mol. The molecule has 0 aromatic rings. The molecule has 86 valence electrons. The van der Waals surface area contributed by atoms with Gasteiger partial charge in [0.25, 0.3) is 0 Å². The normalized spacial score (nSPS) is 12.0. The highest BCUT2D eigenvalue weighted by Gasteiger charge is 2.42. The number of aliphatic hydroxyl groups excluding tert-OH is 1. The smallest absolute Gasteiger partial charge is 0.396 e. The van der Waals surface area contributed by atoms with E-state index in [1.165, 1.54) is 14.2 Å². The molecule has 5 nitrogen and oxygen atoms in total. The van der Waals surface area contributed by atoms with Crippen LogP contribution in [0.5, 0.6) is 0 Å². The summed E-state index contributed by atoms with van der Waals surface area (Å²) in [5, 5.41) is 8.58. The third kappa shape index (κ3) is 5.04. The topological polar surface area (TPSA) is 57.2 Å². The zero-order valence-corrected chi connectivity index (χ0v) is 10.1. The highest BCUT2D eigenvalue weighted by Crippen LogP contribution is 2.09. The molecule has 1 N–H and O–H groups in total. The van der Waals surface area contributed by atoms with Crippen LogP contribution in [0.3, 0.4) is 0 Å². The lowest BCUT2D eigenvalue weighted by Gasteiger charge is -2.24. The van der Waals surface area contributed by atoms with Crippen molar-refractivity contribution in [1.29, 1.82) is 0 Å². The van der Waals surface area contributed by atoms with Gasteiger partial charge in [-0.25, -0.2) is 0 Å². The summed E-state index contributed by atoms with van der Waals surface area (Å²) in [6, 6.07) is 0. The highest BCUT2D eigenvalue weighted by molar-refractivity contribution is 6.53. The molecule has 0 atom stereocenters. The Labute approximate surface area is 86.4 Å². The molecule has 0 aromatic carbocycles. The van der Waals surface area contributed by atoms with Gasteiger partial charge in [0.2, 0.25) is 0 Å². The summed E-state index contributed by atoms with van der Waals surface area (Å²) < 4.78 is 21.0. The van der Waals surface area contributed by atoms with Crippen LogP contribution in [0.2, 0.25) is 0 Å². The maximum atomic E-state index is 8.58. The summed E-state index contributed by atoms with van der Waals surface area (Å²) in [5.74, 6) is 0. The fourth-order valence-electron chi connectivity index (χ4n) is 0.949. The van der Waals surface area contributed by atoms with Gasteiger partial charge in [-0.3, -0.25) is 0 Å². The molecule has 0 aliphatic carbocycles. The van der Waals surface area contributed by atoms with Crippen LogP contribution in [0.1, 0.15) is 19.8 Å². The van der Waals surface area contributed by atoms with Gasteiger partial charge in [-0.15, -0.1) is 0 Å². The maximum absolute atomic E-state index is 8.58. The van der Waals surface area contributed by atoms with Crippen molar-refractivity contribution >= 4 is 9.05 Å². The molecule has 0 rings (SSSR count). The van der Waals surface area contributed by atoms with Crippen LogP contribution in [-0.2, 0) is 17.7 Å². The van der Waals surface area contributed by atoms with E-state index in [1.807, 2.05) is 6.92 Å². The summed E-state index contributed by atoms with van der Waals surface area (Å²) in [4.78, 5) is 0. The van der Waals surface area contributed by atoms with Gasteiger partial charge in [-0.2, -0.15) is 0 Å². The van der Waals surface area contributed by atoms with Gasteiger partial charge < -0.3 is 22.8 Å². The molecular formula is C8H20O5Si. The van der Waals surface area contributed by atoms with E-state index in [-0.39, 0.29) is 6.61 Å². The molecule has 0 fully saturated rings. The zero-order valence-electron chi connectivity index (χ0n) is 9.12. The van der Waals surface area contributed by atoms with Crippen molar-refractivity contribution in [3.8, 4) is 0 Å². The van der Waals surface area contributed by atoms with E-state index in [2.05, 4.69) is 0 Å². The van der Waals surface area contributed by atoms with Crippen molar-refractivity contribution in [2.45, 2.75) is 19.8 Å². The van der Waals surface area contributed by atoms with Gasteiger partial charge in [-0.05, 0) is 19.8 Å². The predicted octanol–water partition coefficient (Wildman–Crippen LogP) is 0.540. The van der Waals surface area contributed by atoms with Crippen LogP contribution in [-0.4, -0.2) is 48.2 Å². The van der Waals surface area contributed by atoms with Crippen LogP contribution < -0.4 is 0 Å². The summed E-state index contributed by atoms with van der Waals surface area (Å²) in [6.07, 6.45) is 1.48. The molecule has 0 aromatic heterocycles. The van der Waals surface area contributed by atoms with Crippen LogP contribution in [0.15, 0.2) is 0 Å². The molecule has 0 heterocycles. The standard InChI is InChI=1S/C8H20O5Si/c1-4-12-14(10-2,11-3)13-8-6-5-7-9/h9H,4-8H2,1-3H3. The van der Waals surface area contributed by atoms with Crippen molar-refractivity contribution in [3.05, 3.63) is 0 Å².